The number of nitrogens with two attached hydrogens (primary N) is 1. The van der Waals surface area contributed by atoms with Gasteiger partial charge in [-0.1, -0.05) is 15.9 Å². The first kappa shape index (κ1) is 15.1. The lowest BCUT2D eigenvalue weighted by Crippen LogP contribution is -2.49. The number of carbonyl (C=O) groups excluding carboxylic acids is 1. The van der Waals surface area contributed by atoms with Crippen LogP contribution in [0.5, 0.6) is 0 Å². The van der Waals surface area contributed by atoms with E-state index in [9.17, 15) is 13.2 Å². The zero-order chi connectivity index (χ0) is 13.8. The molecule has 18 heavy (non-hydrogen) atoms. The molecule has 0 spiro atoms. The van der Waals surface area contributed by atoms with Crippen LogP contribution in [0.15, 0.2) is 33.6 Å². The Morgan fingerprint density at radius 2 is 1.94 bits per heavy atom. The van der Waals surface area contributed by atoms with Crippen molar-refractivity contribution in [2.45, 2.75) is 10.9 Å². The summed E-state index contributed by atoms with van der Waals surface area (Å²) in [6, 6.07) is 4.62. The summed E-state index contributed by atoms with van der Waals surface area (Å²) < 4.78 is 26.6. The minimum atomic E-state index is -3.87. The lowest BCUT2D eigenvalue weighted by molar-refractivity contribution is -0.130. The first-order valence-corrected chi connectivity index (χ1v) is 7.10. The molecule has 100 valence electrons. The van der Waals surface area contributed by atoms with Gasteiger partial charge in [0.15, 0.2) is 0 Å². The SMILES string of the molecule is NC[C@@H](NS(=O)(=O)c1ccc(Br)cc1)C(=O)NO. The van der Waals surface area contributed by atoms with Crippen LogP contribution in [0.4, 0.5) is 0 Å². The van der Waals surface area contributed by atoms with Gasteiger partial charge in [-0.05, 0) is 24.3 Å². The van der Waals surface area contributed by atoms with Gasteiger partial charge >= 0.3 is 0 Å². The average Bonchev–Trinajstić information content (AvgIpc) is 2.35. The molecule has 1 rings (SSSR count). The third-order valence-corrected chi connectivity index (χ3v) is 4.10. The number of carbonyl (C=O) groups is 1. The summed E-state index contributed by atoms with van der Waals surface area (Å²) in [5, 5.41) is 8.44. The Hall–Kier alpha value is -1.00. The van der Waals surface area contributed by atoms with E-state index in [1.54, 1.807) is 12.1 Å². The highest BCUT2D eigenvalue weighted by molar-refractivity contribution is 9.10. The molecule has 0 aliphatic carbocycles. The van der Waals surface area contributed by atoms with Gasteiger partial charge in [-0.2, -0.15) is 4.72 Å². The van der Waals surface area contributed by atoms with Crippen LogP contribution in [0, 0.1) is 0 Å². The molecule has 0 saturated carbocycles. The second kappa shape index (κ2) is 6.25. The van der Waals surface area contributed by atoms with Crippen LogP contribution in [0.3, 0.4) is 0 Å². The highest BCUT2D eigenvalue weighted by atomic mass is 79.9. The first-order chi connectivity index (χ1) is 8.40. The van der Waals surface area contributed by atoms with E-state index < -0.39 is 22.0 Å². The summed E-state index contributed by atoms with van der Waals surface area (Å²) in [4.78, 5) is 11.1. The molecule has 7 nitrogen and oxygen atoms in total. The zero-order valence-corrected chi connectivity index (χ0v) is 11.5. The summed E-state index contributed by atoms with van der Waals surface area (Å²) in [7, 11) is -3.87. The smallest absolute Gasteiger partial charge is 0.262 e. The zero-order valence-electron chi connectivity index (χ0n) is 9.13. The van der Waals surface area contributed by atoms with Crippen LogP contribution in [0.1, 0.15) is 0 Å². The van der Waals surface area contributed by atoms with E-state index in [0.29, 0.717) is 0 Å². The van der Waals surface area contributed by atoms with Crippen LogP contribution < -0.4 is 15.9 Å². The van der Waals surface area contributed by atoms with Gasteiger partial charge in [0.25, 0.3) is 5.91 Å². The largest absolute Gasteiger partial charge is 0.328 e. The monoisotopic (exact) mass is 337 g/mol. The van der Waals surface area contributed by atoms with E-state index in [1.165, 1.54) is 17.6 Å². The molecule has 1 amide bonds. The number of amides is 1. The minimum Gasteiger partial charge on any atom is -0.328 e. The second-order valence-corrected chi connectivity index (χ2v) is 5.97. The predicted molar refractivity (Wildman–Crippen MR) is 67.2 cm³/mol. The van der Waals surface area contributed by atoms with Gasteiger partial charge in [0.2, 0.25) is 10.0 Å². The molecule has 1 aromatic rings. The standard InChI is InChI=1S/C9H12BrN3O4S/c10-6-1-3-7(4-2-6)18(16,17)13-8(5-11)9(14)12-15/h1-4,8,13,15H,5,11H2,(H,12,14)/t8-/m1/s1. The number of benzene rings is 1. The molecule has 0 fully saturated rings. The Balaban J connectivity index is 2.94. The Kier molecular flexibility index (Phi) is 5.23. The molecule has 9 heteroatoms. The fourth-order valence-corrected chi connectivity index (χ4v) is 2.63. The fourth-order valence-electron chi connectivity index (χ4n) is 1.16. The molecular weight excluding hydrogens is 326 g/mol. The molecule has 0 aliphatic rings. The van der Waals surface area contributed by atoms with E-state index in [2.05, 4.69) is 20.7 Å². The van der Waals surface area contributed by atoms with Crippen molar-refractivity contribution < 1.29 is 18.4 Å². The molecule has 1 atom stereocenters. The third kappa shape index (κ3) is 3.75. The van der Waals surface area contributed by atoms with Crippen molar-refractivity contribution in [1.29, 1.82) is 0 Å². The van der Waals surface area contributed by atoms with Crippen LogP contribution >= 0.6 is 15.9 Å². The Labute approximate surface area is 113 Å². The number of hydroxylamine groups is 1. The number of sulfonamides is 1. The van der Waals surface area contributed by atoms with E-state index in [4.69, 9.17) is 10.9 Å². The molecule has 1 aromatic carbocycles. The molecule has 5 N–H and O–H groups in total. The van der Waals surface area contributed by atoms with Crippen LogP contribution in [-0.2, 0) is 14.8 Å². The number of rotatable bonds is 5. The van der Waals surface area contributed by atoms with Crippen molar-refractivity contribution in [2.24, 2.45) is 5.73 Å². The van der Waals surface area contributed by atoms with Crippen molar-refractivity contribution in [2.75, 3.05) is 6.54 Å². The summed E-state index contributed by atoms with van der Waals surface area (Å²) in [6.45, 7) is -0.276. The lowest BCUT2D eigenvalue weighted by atomic mass is 10.3. The molecule has 0 aliphatic heterocycles. The van der Waals surface area contributed by atoms with Gasteiger partial charge in [-0.15, -0.1) is 0 Å². The maximum atomic E-state index is 11.9. The van der Waals surface area contributed by atoms with Crippen LogP contribution in [0.2, 0.25) is 0 Å². The normalized spacial score (nSPS) is 13.1. The maximum absolute atomic E-state index is 11.9. The fraction of sp³-hybridized carbons (Fsp3) is 0.222. The van der Waals surface area contributed by atoms with Crippen LogP contribution in [-0.4, -0.2) is 32.1 Å². The van der Waals surface area contributed by atoms with E-state index in [1.807, 2.05) is 0 Å². The predicted octanol–water partition coefficient (Wildman–Crippen LogP) is -0.440. The lowest BCUT2D eigenvalue weighted by Gasteiger charge is -2.14. The quantitative estimate of drug-likeness (QED) is 0.428. The number of nitrogens with one attached hydrogen (secondary N) is 2. The van der Waals surface area contributed by atoms with Crippen molar-refractivity contribution in [3.63, 3.8) is 0 Å². The Bertz CT molecular complexity index is 517. The van der Waals surface area contributed by atoms with Crippen molar-refractivity contribution in [3.05, 3.63) is 28.7 Å². The van der Waals surface area contributed by atoms with Crippen LogP contribution in [0.25, 0.3) is 0 Å². The summed E-state index contributed by atoms with van der Waals surface area (Å²) in [6.07, 6.45) is 0. The number of halogens is 1. The molecule has 0 unspecified atom stereocenters. The number of hydrogen-bond donors (Lipinski definition) is 4. The van der Waals surface area contributed by atoms with Gasteiger partial charge in [0, 0.05) is 11.0 Å². The van der Waals surface area contributed by atoms with Gasteiger partial charge in [-0.25, -0.2) is 13.9 Å². The minimum absolute atomic E-state index is 0.00473. The van der Waals surface area contributed by atoms with Crippen molar-refractivity contribution >= 4 is 31.9 Å². The molecule has 0 heterocycles. The highest BCUT2D eigenvalue weighted by Gasteiger charge is 2.24. The third-order valence-electron chi connectivity index (χ3n) is 2.08. The van der Waals surface area contributed by atoms with Gasteiger partial charge in [0.05, 0.1) is 4.90 Å². The van der Waals surface area contributed by atoms with E-state index in [-0.39, 0.29) is 11.4 Å². The average molecular weight is 338 g/mol. The molecule has 0 bridgehead atoms. The van der Waals surface area contributed by atoms with Crippen molar-refractivity contribution in [3.8, 4) is 0 Å². The van der Waals surface area contributed by atoms with Gasteiger partial charge in [-0.3, -0.25) is 10.0 Å². The molecule has 0 saturated heterocycles. The molecule has 0 aromatic heterocycles. The first-order valence-electron chi connectivity index (χ1n) is 4.82. The molecule has 0 radical (unpaired) electrons. The van der Waals surface area contributed by atoms with E-state index in [0.717, 1.165) is 4.47 Å². The second-order valence-electron chi connectivity index (χ2n) is 3.34. The number of hydrogen-bond acceptors (Lipinski definition) is 5. The highest BCUT2D eigenvalue weighted by Crippen LogP contribution is 2.14. The van der Waals surface area contributed by atoms with E-state index >= 15 is 0 Å². The Morgan fingerprint density at radius 3 is 2.39 bits per heavy atom. The summed E-state index contributed by atoms with van der Waals surface area (Å²) in [5.41, 5.74) is 6.60. The van der Waals surface area contributed by atoms with Gasteiger partial charge < -0.3 is 5.73 Å². The molecular formula is C9H12BrN3O4S. The Morgan fingerprint density at radius 1 is 1.39 bits per heavy atom. The summed E-state index contributed by atoms with van der Waals surface area (Å²) in [5.74, 6) is -0.918. The summed E-state index contributed by atoms with van der Waals surface area (Å²) >= 11 is 3.18. The maximum Gasteiger partial charge on any atom is 0.262 e. The topological polar surface area (TPSA) is 122 Å². The van der Waals surface area contributed by atoms with Crippen molar-refractivity contribution in [1.82, 2.24) is 10.2 Å². The van der Waals surface area contributed by atoms with Gasteiger partial charge in [0.1, 0.15) is 6.04 Å².